The molecule has 0 saturated heterocycles. The molecule has 0 aromatic heterocycles. The lowest BCUT2D eigenvalue weighted by atomic mass is 9.94. The summed E-state index contributed by atoms with van der Waals surface area (Å²) in [5.74, 6) is -0.141. The van der Waals surface area contributed by atoms with Crippen LogP contribution in [0.4, 0.5) is 4.39 Å². The van der Waals surface area contributed by atoms with E-state index in [2.05, 4.69) is 0 Å². The van der Waals surface area contributed by atoms with Crippen LogP contribution in [0.5, 0.6) is 0 Å². The molecule has 2 atom stereocenters. The number of rotatable bonds is 4. The Morgan fingerprint density at radius 2 is 2.13 bits per heavy atom. The number of halogens is 1. The van der Waals surface area contributed by atoms with Gasteiger partial charge in [0.2, 0.25) is 0 Å². The van der Waals surface area contributed by atoms with E-state index in [1.54, 1.807) is 19.1 Å². The predicted octanol–water partition coefficient (Wildman–Crippen LogP) is 2.15. The summed E-state index contributed by atoms with van der Waals surface area (Å²) < 4.78 is 13.0. The Hall–Kier alpha value is -0.930. The number of nitrogens with two attached hydrogens (primary N) is 1. The zero-order chi connectivity index (χ0) is 11.4. The second-order valence-electron chi connectivity index (χ2n) is 4.01. The van der Waals surface area contributed by atoms with Crippen molar-refractivity contribution in [3.8, 4) is 0 Å². The monoisotopic (exact) mass is 211 g/mol. The molecule has 1 aromatic carbocycles. The van der Waals surface area contributed by atoms with E-state index in [0.29, 0.717) is 12.1 Å². The summed E-state index contributed by atoms with van der Waals surface area (Å²) in [7, 11) is 0. The van der Waals surface area contributed by atoms with Crippen molar-refractivity contribution >= 4 is 0 Å². The van der Waals surface area contributed by atoms with Crippen LogP contribution in [0.15, 0.2) is 18.2 Å². The van der Waals surface area contributed by atoms with Crippen molar-refractivity contribution in [2.24, 2.45) is 11.7 Å². The number of aryl methyl sites for hydroxylation is 1. The summed E-state index contributed by atoms with van der Waals surface area (Å²) in [5.41, 5.74) is 6.75. The maximum atomic E-state index is 13.0. The van der Waals surface area contributed by atoms with E-state index in [0.717, 1.165) is 12.0 Å². The molecule has 2 nitrogen and oxygen atoms in total. The summed E-state index contributed by atoms with van der Waals surface area (Å²) in [6.45, 7) is 4.19. The summed E-state index contributed by atoms with van der Waals surface area (Å²) in [5, 5.41) is 9.96. The Bertz CT molecular complexity index is 327. The quantitative estimate of drug-likeness (QED) is 0.801. The van der Waals surface area contributed by atoms with E-state index in [9.17, 15) is 9.50 Å². The minimum Gasteiger partial charge on any atom is -0.388 e. The van der Waals surface area contributed by atoms with Crippen molar-refractivity contribution in [1.82, 2.24) is 0 Å². The molecule has 3 heteroatoms. The average Bonchev–Trinajstić information content (AvgIpc) is 2.21. The third kappa shape index (κ3) is 3.01. The first-order valence-electron chi connectivity index (χ1n) is 5.20. The van der Waals surface area contributed by atoms with Gasteiger partial charge in [0.1, 0.15) is 5.82 Å². The number of benzene rings is 1. The molecule has 0 radical (unpaired) electrons. The smallest absolute Gasteiger partial charge is 0.126 e. The minimum atomic E-state index is -0.562. The van der Waals surface area contributed by atoms with Gasteiger partial charge in [-0.25, -0.2) is 4.39 Å². The molecule has 0 spiro atoms. The zero-order valence-electron chi connectivity index (χ0n) is 9.20. The molecule has 0 heterocycles. The Morgan fingerprint density at radius 3 is 2.67 bits per heavy atom. The molecule has 2 unspecified atom stereocenters. The third-order valence-corrected chi connectivity index (χ3v) is 2.68. The largest absolute Gasteiger partial charge is 0.388 e. The van der Waals surface area contributed by atoms with Gasteiger partial charge in [-0.15, -0.1) is 0 Å². The lowest BCUT2D eigenvalue weighted by molar-refractivity contribution is 0.114. The van der Waals surface area contributed by atoms with Crippen molar-refractivity contribution in [3.63, 3.8) is 0 Å². The van der Waals surface area contributed by atoms with Gasteiger partial charge in [0.25, 0.3) is 0 Å². The number of aliphatic hydroxyl groups is 1. The molecule has 0 saturated carbocycles. The maximum absolute atomic E-state index is 13.0. The van der Waals surface area contributed by atoms with Crippen molar-refractivity contribution in [1.29, 1.82) is 0 Å². The zero-order valence-corrected chi connectivity index (χ0v) is 9.20. The van der Waals surface area contributed by atoms with E-state index in [1.165, 1.54) is 6.07 Å². The van der Waals surface area contributed by atoms with Gasteiger partial charge in [-0.3, -0.25) is 0 Å². The highest BCUT2D eigenvalue weighted by Gasteiger charge is 2.16. The third-order valence-electron chi connectivity index (χ3n) is 2.68. The lowest BCUT2D eigenvalue weighted by Crippen LogP contribution is -2.14. The summed E-state index contributed by atoms with van der Waals surface area (Å²) in [6, 6.07) is 4.70. The van der Waals surface area contributed by atoms with E-state index in [4.69, 9.17) is 5.73 Å². The van der Waals surface area contributed by atoms with E-state index < -0.39 is 6.10 Å². The van der Waals surface area contributed by atoms with Crippen molar-refractivity contribution in [3.05, 3.63) is 35.1 Å². The van der Waals surface area contributed by atoms with Crippen molar-refractivity contribution < 1.29 is 9.50 Å². The normalized spacial score (nSPS) is 15.0. The summed E-state index contributed by atoms with van der Waals surface area (Å²) >= 11 is 0. The molecule has 0 aliphatic carbocycles. The Labute approximate surface area is 89.9 Å². The molecular weight excluding hydrogens is 193 g/mol. The summed E-state index contributed by atoms with van der Waals surface area (Å²) in [6.07, 6.45) is 0.199. The van der Waals surface area contributed by atoms with Crippen molar-refractivity contribution in [2.75, 3.05) is 6.54 Å². The topological polar surface area (TPSA) is 46.2 Å². The van der Waals surface area contributed by atoms with E-state index >= 15 is 0 Å². The van der Waals surface area contributed by atoms with Crippen LogP contribution in [0.2, 0.25) is 0 Å². The molecular formula is C12H18FNO. The van der Waals surface area contributed by atoms with Crippen LogP contribution in [0.3, 0.4) is 0 Å². The highest BCUT2D eigenvalue weighted by Crippen LogP contribution is 2.25. The average molecular weight is 211 g/mol. The maximum Gasteiger partial charge on any atom is 0.126 e. The van der Waals surface area contributed by atoms with Gasteiger partial charge < -0.3 is 10.8 Å². The van der Waals surface area contributed by atoms with Crippen molar-refractivity contribution in [2.45, 2.75) is 26.4 Å². The fourth-order valence-corrected chi connectivity index (χ4v) is 1.60. The predicted molar refractivity (Wildman–Crippen MR) is 58.9 cm³/mol. The SMILES string of the molecule is Cc1cc(C(O)C(C)CCN)ccc1F. The van der Waals surface area contributed by atoms with Gasteiger partial charge in [-0.05, 0) is 43.0 Å². The van der Waals surface area contributed by atoms with Crippen LogP contribution < -0.4 is 5.73 Å². The first kappa shape index (κ1) is 12.1. The Morgan fingerprint density at radius 1 is 1.47 bits per heavy atom. The second kappa shape index (κ2) is 5.24. The fraction of sp³-hybridized carbons (Fsp3) is 0.500. The van der Waals surface area contributed by atoms with Crippen LogP contribution in [0.1, 0.15) is 30.6 Å². The van der Waals surface area contributed by atoms with Crippen LogP contribution in [0.25, 0.3) is 0 Å². The molecule has 84 valence electrons. The molecule has 3 N–H and O–H groups in total. The van der Waals surface area contributed by atoms with Gasteiger partial charge in [0.05, 0.1) is 6.10 Å². The molecule has 1 rings (SSSR count). The van der Waals surface area contributed by atoms with E-state index in [1.807, 2.05) is 6.92 Å². The molecule has 0 amide bonds. The van der Waals surface area contributed by atoms with Crippen LogP contribution in [-0.2, 0) is 0 Å². The fourth-order valence-electron chi connectivity index (χ4n) is 1.60. The lowest BCUT2D eigenvalue weighted by Gasteiger charge is -2.18. The van der Waals surface area contributed by atoms with Gasteiger partial charge >= 0.3 is 0 Å². The first-order valence-corrected chi connectivity index (χ1v) is 5.20. The molecule has 0 aliphatic rings. The number of aliphatic hydroxyl groups excluding tert-OH is 1. The van der Waals surface area contributed by atoms with Gasteiger partial charge in [-0.1, -0.05) is 19.1 Å². The van der Waals surface area contributed by atoms with Gasteiger partial charge in [0, 0.05) is 0 Å². The molecule has 0 bridgehead atoms. The number of hydrogen-bond acceptors (Lipinski definition) is 2. The molecule has 15 heavy (non-hydrogen) atoms. The Balaban J connectivity index is 2.81. The number of hydrogen-bond donors (Lipinski definition) is 2. The second-order valence-corrected chi connectivity index (χ2v) is 4.01. The van der Waals surface area contributed by atoms with Gasteiger partial charge in [-0.2, -0.15) is 0 Å². The molecule has 1 aromatic rings. The van der Waals surface area contributed by atoms with E-state index in [-0.39, 0.29) is 11.7 Å². The standard InChI is InChI=1S/C12H18FNO/c1-8(5-6-14)12(15)10-3-4-11(13)9(2)7-10/h3-4,7-8,12,15H,5-6,14H2,1-2H3. The van der Waals surface area contributed by atoms with Crippen LogP contribution >= 0.6 is 0 Å². The highest BCUT2D eigenvalue weighted by molar-refractivity contribution is 5.25. The Kier molecular flexibility index (Phi) is 4.24. The molecule has 0 fully saturated rings. The summed E-state index contributed by atoms with van der Waals surface area (Å²) in [4.78, 5) is 0. The van der Waals surface area contributed by atoms with Crippen LogP contribution in [0, 0.1) is 18.7 Å². The van der Waals surface area contributed by atoms with Gasteiger partial charge in [0.15, 0.2) is 0 Å². The highest BCUT2D eigenvalue weighted by atomic mass is 19.1. The molecule has 0 aliphatic heterocycles. The first-order chi connectivity index (χ1) is 7.06. The minimum absolute atomic E-state index is 0.0971. The van der Waals surface area contributed by atoms with Crippen LogP contribution in [-0.4, -0.2) is 11.7 Å².